The second kappa shape index (κ2) is 7.41. The largest absolute Gasteiger partial charge is 0.345 e. The van der Waals surface area contributed by atoms with Crippen molar-refractivity contribution in [3.05, 3.63) is 41.7 Å². The first kappa shape index (κ1) is 17.0. The number of rotatable bonds is 4. The lowest BCUT2D eigenvalue weighted by Crippen LogP contribution is -2.50. The van der Waals surface area contributed by atoms with E-state index in [2.05, 4.69) is 14.9 Å². The second-order valence-corrected chi connectivity index (χ2v) is 7.50. The average Bonchev–Trinajstić information content (AvgIpc) is 3.33. The Kier molecular flexibility index (Phi) is 4.83. The number of carbonyl (C=O) groups excluding carboxylic acids is 2. The highest BCUT2D eigenvalue weighted by molar-refractivity contribution is 7.13. The number of piperazine rings is 1. The van der Waals surface area contributed by atoms with Crippen LogP contribution in [-0.4, -0.2) is 64.3 Å². The zero-order valence-electron chi connectivity index (χ0n) is 14.5. The minimum atomic E-state index is -0.238. The molecule has 4 heterocycles. The van der Waals surface area contributed by atoms with E-state index in [0.29, 0.717) is 32.6 Å². The minimum Gasteiger partial charge on any atom is -0.345 e. The van der Waals surface area contributed by atoms with Crippen molar-refractivity contribution in [1.82, 2.24) is 19.8 Å². The molecular formula is C18H21N5O2S. The monoisotopic (exact) mass is 371 g/mol. The van der Waals surface area contributed by atoms with Gasteiger partial charge in [0, 0.05) is 56.9 Å². The van der Waals surface area contributed by atoms with Gasteiger partial charge in [-0.2, -0.15) is 0 Å². The van der Waals surface area contributed by atoms with Gasteiger partial charge in [-0.3, -0.25) is 14.6 Å². The van der Waals surface area contributed by atoms with Crippen molar-refractivity contribution in [2.24, 2.45) is 5.92 Å². The van der Waals surface area contributed by atoms with Gasteiger partial charge in [0.05, 0.1) is 18.2 Å². The van der Waals surface area contributed by atoms with E-state index in [-0.39, 0.29) is 17.7 Å². The Morgan fingerprint density at radius 3 is 2.69 bits per heavy atom. The van der Waals surface area contributed by atoms with Crippen molar-refractivity contribution in [3.63, 3.8) is 0 Å². The highest BCUT2D eigenvalue weighted by atomic mass is 32.1. The molecule has 0 bridgehead atoms. The number of carbonyl (C=O) groups is 2. The fourth-order valence-corrected chi connectivity index (χ4v) is 4.22. The zero-order valence-corrected chi connectivity index (χ0v) is 15.3. The van der Waals surface area contributed by atoms with Crippen LogP contribution >= 0.6 is 11.3 Å². The Labute approximate surface area is 156 Å². The van der Waals surface area contributed by atoms with E-state index in [4.69, 9.17) is 0 Å². The summed E-state index contributed by atoms with van der Waals surface area (Å²) in [6.07, 6.45) is 3.83. The average molecular weight is 371 g/mol. The molecule has 0 N–H and O–H groups in total. The summed E-state index contributed by atoms with van der Waals surface area (Å²) in [5.41, 5.74) is 0.853. The summed E-state index contributed by atoms with van der Waals surface area (Å²) in [4.78, 5) is 39.6. The molecule has 2 fully saturated rings. The molecule has 7 nitrogen and oxygen atoms in total. The van der Waals surface area contributed by atoms with Gasteiger partial charge in [-0.05, 0) is 12.1 Å². The van der Waals surface area contributed by atoms with Gasteiger partial charge in [0.25, 0.3) is 0 Å². The van der Waals surface area contributed by atoms with Crippen LogP contribution in [-0.2, 0) is 16.1 Å². The van der Waals surface area contributed by atoms with Crippen LogP contribution in [0.15, 0.2) is 36.0 Å². The number of hydrogen-bond donors (Lipinski definition) is 0. The molecule has 8 heteroatoms. The van der Waals surface area contributed by atoms with E-state index in [9.17, 15) is 9.59 Å². The van der Waals surface area contributed by atoms with E-state index in [1.807, 2.05) is 28.5 Å². The Balaban J connectivity index is 1.32. The van der Waals surface area contributed by atoms with Crippen molar-refractivity contribution >= 4 is 28.3 Å². The molecule has 2 aliphatic heterocycles. The topological polar surface area (TPSA) is 69.6 Å². The number of nitrogens with zero attached hydrogens (tertiary/aromatic N) is 5. The first-order valence-corrected chi connectivity index (χ1v) is 9.69. The molecule has 26 heavy (non-hydrogen) atoms. The molecular weight excluding hydrogens is 350 g/mol. The van der Waals surface area contributed by atoms with Crippen LogP contribution in [0, 0.1) is 5.92 Å². The number of hydrogen-bond acceptors (Lipinski definition) is 6. The molecule has 0 aliphatic carbocycles. The number of pyridine rings is 1. The van der Waals surface area contributed by atoms with Gasteiger partial charge in [-0.1, -0.05) is 6.07 Å². The highest BCUT2D eigenvalue weighted by Gasteiger charge is 2.37. The van der Waals surface area contributed by atoms with Crippen LogP contribution in [0.1, 0.15) is 12.1 Å². The standard InChI is InChI=1S/C18H21N5O2S/c24-16-11-14(12-23(16)13-15-3-1-2-4-19-15)17(25)21-6-8-22(9-7-21)18-20-5-10-26-18/h1-5,10,14H,6-9,11-13H2/t14-/m0/s1. The summed E-state index contributed by atoms with van der Waals surface area (Å²) in [6, 6.07) is 5.67. The van der Waals surface area contributed by atoms with Gasteiger partial charge in [-0.15, -0.1) is 11.3 Å². The van der Waals surface area contributed by atoms with Gasteiger partial charge in [0.2, 0.25) is 11.8 Å². The second-order valence-electron chi connectivity index (χ2n) is 6.62. The quantitative estimate of drug-likeness (QED) is 0.809. The molecule has 0 spiro atoms. The number of anilines is 1. The van der Waals surface area contributed by atoms with E-state index in [0.717, 1.165) is 23.9 Å². The maximum atomic E-state index is 12.8. The van der Waals surface area contributed by atoms with E-state index < -0.39 is 0 Å². The van der Waals surface area contributed by atoms with Crippen LogP contribution in [0.4, 0.5) is 5.13 Å². The molecule has 4 rings (SSSR count). The summed E-state index contributed by atoms with van der Waals surface area (Å²) in [7, 11) is 0. The lowest BCUT2D eigenvalue weighted by Gasteiger charge is -2.35. The Bertz CT molecular complexity index is 759. The molecule has 2 aliphatic rings. The predicted octanol–water partition coefficient (Wildman–Crippen LogP) is 1.24. The zero-order chi connectivity index (χ0) is 17.9. The number of thiazole rings is 1. The first-order valence-electron chi connectivity index (χ1n) is 8.81. The third-order valence-electron chi connectivity index (χ3n) is 4.92. The first-order chi connectivity index (χ1) is 12.7. The van der Waals surface area contributed by atoms with E-state index in [1.165, 1.54) is 0 Å². The fraction of sp³-hybridized carbons (Fsp3) is 0.444. The smallest absolute Gasteiger partial charge is 0.228 e. The van der Waals surface area contributed by atoms with Crippen molar-refractivity contribution in [2.75, 3.05) is 37.6 Å². The summed E-state index contributed by atoms with van der Waals surface area (Å²) in [6.45, 7) is 3.91. The maximum absolute atomic E-state index is 12.8. The van der Waals surface area contributed by atoms with Crippen LogP contribution in [0.5, 0.6) is 0 Å². The summed E-state index contributed by atoms with van der Waals surface area (Å²) >= 11 is 1.62. The van der Waals surface area contributed by atoms with Crippen molar-refractivity contribution in [3.8, 4) is 0 Å². The van der Waals surface area contributed by atoms with Crippen molar-refractivity contribution in [1.29, 1.82) is 0 Å². The molecule has 0 saturated carbocycles. The number of amides is 2. The van der Waals surface area contributed by atoms with Gasteiger partial charge in [-0.25, -0.2) is 4.98 Å². The van der Waals surface area contributed by atoms with E-state index >= 15 is 0 Å². The van der Waals surface area contributed by atoms with Crippen LogP contribution in [0.3, 0.4) is 0 Å². The molecule has 0 radical (unpaired) electrons. The molecule has 2 aromatic rings. The molecule has 2 aromatic heterocycles. The molecule has 2 saturated heterocycles. The van der Waals surface area contributed by atoms with E-state index in [1.54, 1.807) is 28.6 Å². The fourth-order valence-electron chi connectivity index (χ4n) is 3.53. The summed E-state index contributed by atoms with van der Waals surface area (Å²) in [5, 5.41) is 2.97. The van der Waals surface area contributed by atoms with Gasteiger partial charge in [0.1, 0.15) is 0 Å². The third-order valence-corrected chi connectivity index (χ3v) is 5.76. The molecule has 1 atom stereocenters. The Morgan fingerprint density at radius 2 is 2.00 bits per heavy atom. The normalized spacial score (nSPS) is 20.7. The summed E-state index contributed by atoms with van der Waals surface area (Å²) < 4.78 is 0. The SMILES string of the molecule is O=C1C[C@H](C(=O)N2CCN(c3nccs3)CC2)CN1Cc1ccccn1. The van der Waals surface area contributed by atoms with Crippen LogP contribution in [0.2, 0.25) is 0 Å². The van der Waals surface area contributed by atoms with Crippen LogP contribution < -0.4 is 4.90 Å². The number of likely N-dealkylation sites (tertiary alicyclic amines) is 1. The van der Waals surface area contributed by atoms with Gasteiger partial charge >= 0.3 is 0 Å². The molecule has 0 aromatic carbocycles. The lowest BCUT2D eigenvalue weighted by molar-refractivity contribution is -0.136. The highest BCUT2D eigenvalue weighted by Crippen LogP contribution is 2.24. The minimum absolute atomic E-state index is 0.0374. The van der Waals surface area contributed by atoms with Crippen molar-refractivity contribution < 1.29 is 9.59 Å². The molecule has 136 valence electrons. The Morgan fingerprint density at radius 1 is 1.15 bits per heavy atom. The molecule has 0 unspecified atom stereocenters. The van der Waals surface area contributed by atoms with Crippen molar-refractivity contribution in [2.45, 2.75) is 13.0 Å². The third kappa shape index (κ3) is 3.55. The van der Waals surface area contributed by atoms with Gasteiger partial charge < -0.3 is 14.7 Å². The van der Waals surface area contributed by atoms with Crippen LogP contribution in [0.25, 0.3) is 0 Å². The molecule has 2 amide bonds. The predicted molar refractivity (Wildman–Crippen MR) is 98.7 cm³/mol. The van der Waals surface area contributed by atoms with Gasteiger partial charge in [0.15, 0.2) is 5.13 Å². The summed E-state index contributed by atoms with van der Waals surface area (Å²) in [5.74, 6) is -0.103. The maximum Gasteiger partial charge on any atom is 0.228 e. The Hall–Kier alpha value is -2.48. The number of aromatic nitrogens is 2. The lowest BCUT2D eigenvalue weighted by atomic mass is 10.1.